The number of amides is 1. The highest BCUT2D eigenvalue weighted by atomic mass is 35.5. The van der Waals surface area contributed by atoms with Gasteiger partial charge in [-0.05, 0) is 24.3 Å². The molecule has 0 aromatic heterocycles. The van der Waals surface area contributed by atoms with Gasteiger partial charge in [0.25, 0.3) is 5.91 Å². The zero-order valence-corrected chi connectivity index (χ0v) is 15.2. The van der Waals surface area contributed by atoms with Gasteiger partial charge in [0.15, 0.2) is 0 Å². The van der Waals surface area contributed by atoms with E-state index in [2.05, 4.69) is 5.32 Å². The number of benzene rings is 3. The summed E-state index contributed by atoms with van der Waals surface area (Å²) in [5, 5.41) is 5.18. The number of carbonyl (C=O) groups is 2. The Balaban J connectivity index is 1.59. The zero-order valence-electron chi connectivity index (χ0n) is 13.7. The van der Waals surface area contributed by atoms with Crippen molar-refractivity contribution in [2.24, 2.45) is 0 Å². The first-order valence-corrected chi connectivity index (χ1v) is 8.72. The molecule has 1 N–H and O–H groups in total. The van der Waals surface area contributed by atoms with Crippen molar-refractivity contribution in [3.63, 3.8) is 0 Å². The van der Waals surface area contributed by atoms with Crippen molar-refractivity contribution in [2.45, 2.75) is 6.42 Å². The van der Waals surface area contributed by atoms with Crippen molar-refractivity contribution in [1.29, 1.82) is 0 Å². The van der Waals surface area contributed by atoms with E-state index in [-0.39, 0.29) is 18.9 Å². The van der Waals surface area contributed by atoms with Crippen molar-refractivity contribution < 1.29 is 14.3 Å². The molecule has 0 spiro atoms. The fraction of sp³-hybridized carbons (Fsp3) is 0.100. The summed E-state index contributed by atoms with van der Waals surface area (Å²) in [7, 11) is 0. The smallest absolute Gasteiger partial charge is 0.312 e. The lowest BCUT2D eigenvalue weighted by Gasteiger charge is -2.10. The molecule has 0 aliphatic heterocycles. The molecule has 0 fully saturated rings. The van der Waals surface area contributed by atoms with Gasteiger partial charge >= 0.3 is 5.97 Å². The average molecular weight is 388 g/mol. The van der Waals surface area contributed by atoms with Gasteiger partial charge in [-0.15, -0.1) is 0 Å². The number of hydrogen-bond donors (Lipinski definition) is 1. The van der Waals surface area contributed by atoms with Gasteiger partial charge < -0.3 is 10.1 Å². The molecule has 0 atom stereocenters. The van der Waals surface area contributed by atoms with E-state index < -0.39 is 5.97 Å². The van der Waals surface area contributed by atoms with Crippen LogP contribution in [0.25, 0.3) is 10.8 Å². The van der Waals surface area contributed by atoms with Crippen molar-refractivity contribution in [2.75, 3.05) is 6.54 Å². The monoisotopic (exact) mass is 387 g/mol. The van der Waals surface area contributed by atoms with Crippen LogP contribution in [-0.2, 0) is 4.79 Å². The molecule has 26 heavy (non-hydrogen) atoms. The predicted molar refractivity (Wildman–Crippen MR) is 103 cm³/mol. The zero-order chi connectivity index (χ0) is 18.5. The van der Waals surface area contributed by atoms with Crippen LogP contribution < -0.4 is 10.1 Å². The lowest BCUT2D eigenvalue weighted by atomic mass is 10.1. The predicted octanol–water partition coefficient (Wildman–Crippen LogP) is 4.87. The number of ether oxygens (including phenoxy) is 1. The van der Waals surface area contributed by atoms with Gasteiger partial charge in [-0.3, -0.25) is 9.59 Å². The minimum Gasteiger partial charge on any atom is -0.426 e. The fourth-order valence-corrected chi connectivity index (χ4v) is 2.97. The minimum absolute atomic E-state index is 0.0349. The van der Waals surface area contributed by atoms with Crippen molar-refractivity contribution in [3.8, 4) is 5.75 Å². The molecule has 3 aromatic rings. The number of hydrogen-bond acceptors (Lipinski definition) is 3. The number of rotatable bonds is 5. The van der Waals surface area contributed by atoms with Crippen molar-refractivity contribution in [1.82, 2.24) is 5.32 Å². The van der Waals surface area contributed by atoms with Gasteiger partial charge in [-0.25, -0.2) is 0 Å². The van der Waals surface area contributed by atoms with Crippen LogP contribution in [0.4, 0.5) is 0 Å². The van der Waals surface area contributed by atoms with Crippen LogP contribution >= 0.6 is 23.2 Å². The summed E-state index contributed by atoms with van der Waals surface area (Å²) in [4.78, 5) is 24.1. The molecule has 0 saturated carbocycles. The van der Waals surface area contributed by atoms with E-state index in [0.717, 1.165) is 10.8 Å². The molecule has 6 heteroatoms. The third-order valence-corrected chi connectivity index (χ3v) is 4.45. The summed E-state index contributed by atoms with van der Waals surface area (Å²) >= 11 is 12.1. The normalized spacial score (nSPS) is 10.5. The maximum absolute atomic E-state index is 12.1. The second kappa shape index (κ2) is 8.21. The Morgan fingerprint density at radius 1 is 0.846 bits per heavy atom. The SMILES string of the molecule is O=C(CCNC(=O)c1ccccc1Cl)Oc1ccc(Cl)c2ccccc12. The molecule has 1 amide bonds. The Kier molecular flexibility index (Phi) is 5.76. The number of esters is 1. The highest BCUT2D eigenvalue weighted by molar-refractivity contribution is 6.35. The molecule has 0 unspecified atom stereocenters. The average Bonchev–Trinajstić information content (AvgIpc) is 2.64. The Bertz CT molecular complexity index is 972. The maximum Gasteiger partial charge on any atom is 0.312 e. The topological polar surface area (TPSA) is 55.4 Å². The van der Waals surface area contributed by atoms with Gasteiger partial charge in [-0.2, -0.15) is 0 Å². The minimum atomic E-state index is -0.447. The van der Waals surface area contributed by atoms with Gasteiger partial charge in [-0.1, -0.05) is 59.6 Å². The van der Waals surface area contributed by atoms with Crippen LogP contribution in [0.3, 0.4) is 0 Å². The summed E-state index contributed by atoms with van der Waals surface area (Å²) in [5.41, 5.74) is 0.367. The van der Waals surface area contributed by atoms with Crippen molar-refractivity contribution >= 4 is 45.9 Å². The molecule has 0 radical (unpaired) electrons. The first-order chi connectivity index (χ1) is 12.6. The Morgan fingerprint density at radius 2 is 1.54 bits per heavy atom. The van der Waals surface area contributed by atoms with E-state index in [9.17, 15) is 9.59 Å². The van der Waals surface area contributed by atoms with E-state index in [1.165, 1.54) is 0 Å². The van der Waals surface area contributed by atoms with Crippen LogP contribution in [0.5, 0.6) is 5.75 Å². The number of nitrogens with one attached hydrogen (secondary N) is 1. The van der Waals surface area contributed by atoms with Gasteiger partial charge in [0.05, 0.1) is 17.0 Å². The highest BCUT2D eigenvalue weighted by Crippen LogP contribution is 2.31. The van der Waals surface area contributed by atoms with E-state index in [4.69, 9.17) is 27.9 Å². The molecule has 0 aliphatic carbocycles. The van der Waals surface area contributed by atoms with Gasteiger partial charge in [0.1, 0.15) is 5.75 Å². The lowest BCUT2D eigenvalue weighted by molar-refractivity contribution is -0.134. The molecule has 4 nitrogen and oxygen atoms in total. The van der Waals surface area contributed by atoms with Crippen LogP contribution in [0.2, 0.25) is 10.0 Å². The van der Waals surface area contributed by atoms with Gasteiger partial charge in [0, 0.05) is 22.3 Å². The molecule has 0 heterocycles. The second-order valence-corrected chi connectivity index (χ2v) is 6.37. The maximum atomic E-state index is 12.1. The molecule has 132 valence electrons. The number of halogens is 2. The largest absolute Gasteiger partial charge is 0.426 e. The Hall–Kier alpha value is -2.56. The van der Waals surface area contributed by atoms with E-state index in [0.29, 0.717) is 21.4 Å². The number of fused-ring (bicyclic) bond motifs is 1. The molecular formula is C20H15Cl2NO3. The second-order valence-electron chi connectivity index (χ2n) is 5.55. The Labute approximate surface area is 160 Å². The van der Waals surface area contributed by atoms with E-state index in [1.807, 2.05) is 24.3 Å². The molecule has 0 aliphatic rings. The summed E-state index contributed by atoms with van der Waals surface area (Å²) in [5.74, 6) is -0.343. The van der Waals surface area contributed by atoms with Crippen LogP contribution in [0.15, 0.2) is 60.7 Å². The first-order valence-electron chi connectivity index (χ1n) is 7.97. The third kappa shape index (κ3) is 4.15. The van der Waals surface area contributed by atoms with Crippen LogP contribution in [0.1, 0.15) is 16.8 Å². The summed E-state index contributed by atoms with van der Waals surface area (Å²) in [6.45, 7) is 0.147. The third-order valence-electron chi connectivity index (χ3n) is 3.79. The lowest BCUT2D eigenvalue weighted by Crippen LogP contribution is -2.27. The van der Waals surface area contributed by atoms with Crippen LogP contribution in [0, 0.1) is 0 Å². The Morgan fingerprint density at radius 3 is 2.31 bits per heavy atom. The summed E-state index contributed by atoms with van der Waals surface area (Å²) < 4.78 is 5.42. The summed E-state index contributed by atoms with van der Waals surface area (Å²) in [6, 6.07) is 17.5. The van der Waals surface area contributed by atoms with Gasteiger partial charge in [0.2, 0.25) is 0 Å². The molecular weight excluding hydrogens is 373 g/mol. The van der Waals surface area contributed by atoms with Crippen molar-refractivity contribution in [3.05, 3.63) is 76.3 Å². The standard InChI is InChI=1S/C20H15Cl2NO3/c21-16-8-4-3-7-15(16)20(25)23-12-11-19(24)26-18-10-9-17(22)13-5-1-2-6-14(13)18/h1-10H,11-12H2,(H,23,25). The summed E-state index contributed by atoms with van der Waals surface area (Å²) in [6.07, 6.45) is 0.0349. The first kappa shape index (κ1) is 18.2. The highest BCUT2D eigenvalue weighted by Gasteiger charge is 2.12. The van der Waals surface area contributed by atoms with E-state index >= 15 is 0 Å². The quantitative estimate of drug-likeness (QED) is 0.501. The molecule has 3 rings (SSSR count). The number of carbonyl (C=O) groups excluding carboxylic acids is 2. The van der Waals surface area contributed by atoms with Crippen LogP contribution in [-0.4, -0.2) is 18.4 Å². The molecule has 0 bridgehead atoms. The fourth-order valence-electron chi connectivity index (χ4n) is 2.52. The molecule has 0 saturated heterocycles. The molecule has 3 aromatic carbocycles. The van der Waals surface area contributed by atoms with E-state index in [1.54, 1.807) is 36.4 Å².